The molecule has 0 atom stereocenters. The molecule has 0 bridgehead atoms. The van der Waals surface area contributed by atoms with Gasteiger partial charge in [0.25, 0.3) is 0 Å². The molecule has 2 aromatic rings. The number of nitrogens with one attached hydrogen (secondary N) is 4. The van der Waals surface area contributed by atoms with Gasteiger partial charge in [-0.05, 0) is 54.1 Å². The van der Waals surface area contributed by atoms with Crippen LogP contribution >= 0.6 is 11.3 Å². The van der Waals surface area contributed by atoms with Crippen LogP contribution in [0.4, 0.5) is 19.6 Å². The van der Waals surface area contributed by atoms with Gasteiger partial charge in [-0.2, -0.15) is 4.39 Å². The summed E-state index contributed by atoms with van der Waals surface area (Å²) in [6.07, 6.45) is 4.24. The number of thiazole rings is 1. The first-order valence-electron chi connectivity index (χ1n) is 9.84. The van der Waals surface area contributed by atoms with E-state index in [-0.39, 0.29) is 10.0 Å². The molecule has 1 aliphatic heterocycles. The first-order chi connectivity index (χ1) is 14.2. The number of unbranched alkanes of at least 4 members (excludes halogenated alkanes) is 1. The first kappa shape index (κ1) is 23.0. The van der Waals surface area contributed by atoms with Gasteiger partial charge in [0.1, 0.15) is 11.4 Å². The SMILES string of the molecule is Cc1cc([SH](C)(=O)Nc2ncc(F)s2)c(F)cc1NCCCCNCC1(O)CNC1. The van der Waals surface area contributed by atoms with E-state index in [1.807, 2.05) is 6.92 Å². The molecule has 1 fully saturated rings. The lowest BCUT2D eigenvalue weighted by atomic mass is 9.97. The predicted octanol–water partition coefficient (Wildman–Crippen LogP) is 1.88. The number of hydrogen-bond donors (Lipinski definition) is 6. The molecule has 2 heterocycles. The van der Waals surface area contributed by atoms with E-state index in [1.54, 1.807) is 6.07 Å². The maximum Gasteiger partial charge on any atom is 0.198 e. The summed E-state index contributed by atoms with van der Waals surface area (Å²) in [5, 5.41) is 19.1. The molecular formula is C19H29F2N5O2S2. The van der Waals surface area contributed by atoms with Gasteiger partial charge >= 0.3 is 0 Å². The molecule has 0 radical (unpaired) electrons. The lowest BCUT2D eigenvalue weighted by Crippen LogP contribution is -2.64. The Morgan fingerprint density at radius 3 is 2.67 bits per heavy atom. The average Bonchev–Trinajstić information content (AvgIpc) is 3.05. The van der Waals surface area contributed by atoms with Crippen molar-refractivity contribution in [3.05, 3.63) is 34.8 Å². The number of β-amino-alcohol motifs (C(OH)–C–C–N with tert-alkyl or cyclic N) is 1. The molecule has 0 unspecified atom stereocenters. The van der Waals surface area contributed by atoms with Gasteiger partial charge in [-0.25, -0.2) is 9.37 Å². The highest BCUT2D eigenvalue weighted by molar-refractivity contribution is 8.03. The van der Waals surface area contributed by atoms with Crippen LogP contribution in [0, 0.1) is 17.9 Å². The van der Waals surface area contributed by atoms with Crippen molar-refractivity contribution in [3.63, 3.8) is 0 Å². The van der Waals surface area contributed by atoms with Crippen molar-refractivity contribution >= 4 is 32.3 Å². The summed E-state index contributed by atoms with van der Waals surface area (Å²) >= 11 is 0.729. The fraction of sp³-hybridized carbons (Fsp3) is 0.526. The molecule has 3 rings (SSSR count). The third-order valence-electron chi connectivity index (χ3n) is 5.00. The number of anilines is 2. The largest absolute Gasteiger partial charge is 0.386 e. The molecule has 0 spiro atoms. The molecule has 30 heavy (non-hydrogen) atoms. The molecule has 1 aromatic heterocycles. The van der Waals surface area contributed by atoms with E-state index in [0.29, 0.717) is 31.9 Å². The predicted molar refractivity (Wildman–Crippen MR) is 119 cm³/mol. The minimum Gasteiger partial charge on any atom is -0.386 e. The van der Waals surface area contributed by atoms with Crippen molar-refractivity contribution in [1.82, 2.24) is 15.6 Å². The van der Waals surface area contributed by atoms with Crippen LogP contribution in [0.25, 0.3) is 0 Å². The van der Waals surface area contributed by atoms with Crippen molar-refractivity contribution in [2.75, 3.05) is 49.0 Å². The van der Waals surface area contributed by atoms with Crippen molar-refractivity contribution in [2.45, 2.75) is 30.3 Å². The van der Waals surface area contributed by atoms with Crippen LogP contribution in [0.2, 0.25) is 0 Å². The molecule has 168 valence electrons. The number of halogens is 2. The molecule has 5 N–H and O–H groups in total. The van der Waals surface area contributed by atoms with Crippen LogP contribution in [0.1, 0.15) is 18.4 Å². The van der Waals surface area contributed by atoms with E-state index < -0.39 is 26.7 Å². The van der Waals surface area contributed by atoms with Gasteiger partial charge in [-0.15, -0.1) is 0 Å². The number of aromatic nitrogens is 1. The van der Waals surface area contributed by atoms with E-state index >= 15 is 0 Å². The fourth-order valence-electron chi connectivity index (χ4n) is 3.19. The number of nitrogens with zero attached hydrogens (tertiary/aromatic N) is 1. The smallest absolute Gasteiger partial charge is 0.198 e. The normalized spacial score (nSPS) is 16.2. The quantitative estimate of drug-likeness (QED) is 0.226. The van der Waals surface area contributed by atoms with Crippen LogP contribution in [0.5, 0.6) is 0 Å². The fourth-order valence-corrected chi connectivity index (χ4v) is 5.75. The molecule has 1 aromatic carbocycles. The Kier molecular flexibility index (Phi) is 7.40. The molecule has 1 saturated heterocycles. The van der Waals surface area contributed by atoms with Crippen LogP contribution in [0.15, 0.2) is 23.2 Å². The first-order valence-corrected chi connectivity index (χ1v) is 12.8. The Labute approximate surface area is 180 Å². The second-order valence-electron chi connectivity index (χ2n) is 7.76. The molecular weight excluding hydrogens is 432 g/mol. The lowest BCUT2D eigenvalue weighted by molar-refractivity contribution is -0.00822. The Hall–Kier alpha value is -1.66. The van der Waals surface area contributed by atoms with Crippen molar-refractivity contribution in [1.29, 1.82) is 0 Å². The summed E-state index contributed by atoms with van der Waals surface area (Å²) in [5.41, 5.74) is 0.813. The van der Waals surface area contributed by atoms with Crippen molar-refractivity contribution in [3.8, 4) is 0 Å². The molecule has 1 aliphatic rings. The zero-order chi connectivity index (χ0) is 21.8. The summed E-state index contributed by atoms with van der Waals surface area (Å²) in [5.74, 6) is -0.581. The second-order valence-corrected chi connectivity index (χ2v) is 11.3. The monoisotopic (exact) mass is 461 g/mol. The van der Waals surface area contributed by atoms with Gasteiger partial charge in [0.15, 0.2) is 10.3 Å². The summed E-state index contributed by atoms with van der Waals surface area (Å²) in [6.45, 7) is 5.14. The minimum atomic E-state index is -3.30. The lowest BCUT2D eigenvalue weighted by Gasteiger charge is -2.37. The standard InChI is InChI=1S/C19H29F2N5O2S2/c1-13-7-16(30(2,28)26-18-25-9-17(21)29-18)14(20)8-15(13)24-6-4-3-5-22-10-19(27)11-23-12-19/h7-9,22-24,27,30H,3-6,10-12H2,1-2H3,(H,25,26,28). The van der Waals surface area contributed by atoms with Crippen LogP contribution in [-0.2, 0) is 10.1 Å². The van der Waals surface area contributed by atoms with Crippen LogP contribution in [0.3, 0.4) is 0 Å². The number of thiol groups is 1. The van der Waals surface area contributed by atoms with Gasteiger partial charge < -0.3 is 21.1 Å². The van der Waals surface area contributed by atoms with Gasteiger partial charge in [-0.3, -0.25) is 8.93 Å². The second kappa shape index (κ2) is 9.65. The maximum atomic E-state index is 14.7. The third kappa shape index (κ3) is 5.94. The van der Waals surface area contributed by atoms with Gasteiger partial charge in [0.05, 0.1) is 11.1 Å². The van der Waals surface area contributed by atoms with E-state index in [1.165, 1.54) is 12.3 Å². The Morgan fingerprint density at radius 2 is 2.03 bits per heavy atom. The third-order valence-corrected chi connectivity index (χ3v) is 7.75. The number of hydrogen-bond acceptors (Lipinski definition) is 7. The van der Waals surface area contributed by atoms with Gasteiger partial charge in [0, 0.05) is 38.1 Å². The average molecular weight is 462 g/mol. The van der Waals surface area contributed by atoms with Crippen molar-refractivity contribution in [2.24, 2.45) is 0 Å². The summed E-state index contributed by atoms with van der Waals surface area (Å²) < 4.78 is 43.4. The molecule has 0 aliphatic carbocycles. The van der Waals surface area contributed by atoms with E-state index in [9.17, 15) is 18.1 Å². The van der Waals surface area contributed by atoms with Gasteiger partial charge in [0.2, 0.25) is 0 Å². The van der Waals surface area contributed by atoms with Crippen LogP contribution in [-0.4, -0.2) is 58.9 Å². The number of rotatable bonds is 11. The number of aryl methyl sites for hydroxylation is 1. The zero-order valence-electron chi connectivity index (χ0n) is 17.1. The Morgan fingerprint density at radius 1 is 1.30 bits per heavy atom. The Bertz CT molecular complexity index is 920. The van der Waals surface area contributed by atoms with Gasteiger partial charge in [-0.1, -0.05) is 11.3 Å². The topological polar surface area (TPSA) is 98.3 Å². The summed E-state index contributed by atoms with van der Waals surface area (Å²) in [6, 6.07) is 2.91. The highest BCUT2D eigenvalue weighted by Crippen LogP contribution is 2.29. The van der Waals surface area contributed by atoms with E-state index in [4.69, 9.17) is 0 Å². The maximum absolute atomic E-state index is 14.7. The highest BCUT2D eigenvalue weighted by Gasteiger charge is 2.33. The molecule has 0 saturated carbocycles. The van der Waals surface area contributed by atoms with Crippen LogP contribution < -0.4 is 20.7 Å². The molecule has 7 nitrogen and oxygen atoms in total. The van der Waals surface area contributed by atoms with E-state index in [2.05, 4.69) is 25.7 Å². The molecule has 0 amide bonds. The summed E-state index contributed by atoms with van der Waals surface area (Å²) in [4.78, 5) is 3.86. The van der Waals surface area contributed by atoms with E-state index in [0.717, 1.165) is 42.5 Å². The molecule has 11 heteroatoms. The Balaban J connectivity index is 1.48. The van der Waals surface area contributed by atoms with Crippen molar-refractivity contribution < 1.29 is 18.1 Å². The minimum absolute atomic E-state index is 0.0637. The zero-order valence-corrected chi connectivity index (χ0v) is 18.8. The summed E-state index contributed by atoms with van der Waals surface area (Å²) in [7, 11) is -3.30. The highest BCUT2D eigenvalue weighted by atomic mass is 32.3. The number of aliphatic hydroxyl groups is 1. The number of benzene rings is 1.